The summed E-state index contributed by atoms with van der Waals surface area (Å²) in [7, 11) is 0. The summed E-state index contributed by atoms with van der Waals surface area (Å²) in [4.78, 5) is 24.0. The van der Waals surface area contributed by atoms with Gasteiger partial charge in [0.25, 0.3) is 5.91 Å². The molecule has 104 valence electrons. The van der Waals surface area contributed by atoms with Crippen LogP contribution in [0.25, 0.3) is 0 Å². The van der Waals surface area contributed by atoms with Crippen molar-refractivity contribution in [1.82, 2.24) is 10.6 Å². The first kappa shape index (κ1) is 15.6. The maximum Gasteiger partial charge on any atom is 0.251 e. The average Bonchev–Trinajstić information content (AvgIpc) is 2.36. The third kappa shape index (κ3) is 6.29. The molecule has 0 heterocycles. The van der Waals surface area contributed by atoms with Crippen LogP contribution in [0.15, 0.2) is 29.2 Å². The first-order valence-corrected chi connectivity index (χ1v) is 6.77. The van der Waals surface area contributed by atoms with E-state index in [1.165, 1.54) is 0 Å². The maximum absolute atomic E-state index is 11.8. The van der Waals surface area contributed by atoms with E-state index in [1.807, 2.05) is 13.8 Å². The molecule has 0 bridgehead atoms. The number of rotatable bonds is 6. The van der Waals surface area contributed by atoms with E-state index in [0.29, 0.717) is 31.0 Å². The van der Waals surface area contributed by atoms with Gasteiger partial charge in [0.1, 0.15) is 0 Å². The van der Waals surface area contributed by atoms with Crippen LogP contribution in [0.4, 0.5) is 0 Å². The number of nitrogens with one attached hydrogen (secondary N) is 2. The molecule has 0 aromatic heterocycles. The number of thiol groups is 1. The number of hydrogen-bond donors (Lipinski definition) is 3. The SMILES string of the molecule is CC(C)CNC(=O)CCNC(=O)c1cccc(S)c1. The van der Waals surface area contributed by atoms with Crippen LogP contribution in [0.1, 0.15) is 30.6 Å². The highest BCUT2D eigenvalue weighted by molar-refractivity contribution is 7.80. The van der Waals surface area contributed by atoms with Crippen LogP contribution in [0.3, 0.4) is 0 Å². The van der Waals surface area contributed by atoms with Crippen LogP contribution in [0.2, 0.25) is 0 Å². The Balaban J connectivity index is 2.29. The molecule has 0 unspecified atom stereocenters. The van der Waals surface area contributed by atoms with Gasteiger partial charge in [-0.15, -0.1) is 12.6 Å². The minimum absolute atomic E-state index is 0.0445. The zero-order valence-electron chi connectivity index (χ0n) is 11.3. The van der Waals surface area contributed by atoms with Gasteiger partial charge in [0.15, 0.2) is 0 Å². The summed E-state index contributed by atoms with van der Waals surface area (Å²) in [6.07, 6.45) is 0.291. The molecule has 1 aromatic rings. The lowest BCUT2D eigenvalue weighted by Crippen LogP contribution is -2.32. The lowest BCUT2D eigenvalue weighted by atomic mass is 10.2. The van der Waals surface area contributed by atoms with Gasteiger partial charge in [-0.25, -0.2) is 0 Å². The van der Waals surface area contributed by atoms with Gasteiger partial charge in [0.2, 0.25) is 5.91 Å². The Kier molecular flexibility index (Phi) is 6.42. The molecule has 1 aromatic carbocycles. The van der Waals surface area contributed by atoms with Crippen molar-refractivity contribution in [3.63, 3.8) is 0 Å². The topological polar surface area (TPSA) is 58.2 Å². The molecular formula is C14H20N2O2S. The van der Waals surface area contributed by atoms with Crippen LogP contribution in [0.5, 0.6) is 0 Å². The molecule has 0 radical (unpaired) electrons. The van der Waals surface area contributed by atoms with E-state index in [1.54, 1.807) is 24.3 Å². The summed E-state index contributed by atoms with van der Waals surface area (Å²) in [5.41, 5.74) is 0.551. The van der Waals surface area contributed by atoms with E-state index in [2.05, 4.69) is 23.3 Å². The lowest BCUT2D eigenvalue weighted by molar-refractivity contribution is -0.121. The summed E-state index contributed by atoms with van der Waals surface area (Å²) in [6.45, 7) is 5.06. The monoisotopic (exact) mass is 280 g/mol. The van der Waals surface area contributed by atoms with Gasteiger partial charge in [0.05, 0.1) is 0 Å². The Hall–Kier alpha value is -1.49. The smallest absolute Gasteiger partial charge is 0.251 e. The highest BCUT2D eigenvalue weighted by Crippen LogP contribution is 2.08. The molecule has 4 nitrogen and oxygen atoms in total. The van der Waals surface area contributed by atoms with Gasteiger partial charge in [-0.05, 0) is 24.1 Å². The van der Waals surface area contributed by atoms with E-state index in [-0.39, 0.29) is 11.8 Å². The molecule has 2 N–H and O–H groups in total. The van der Waals surface area contributed by atoms with Crippen molar-refractivity contribution in [2.75, 3.05) is 13.1 Å². The highest BCUT2D eigenvalue weighted by atomic mass is 32.1. The van der Waals surface area contributed by atoms with Crippen LogP contribution in [-0.4, -0.2) is 24.9 Å². The van der Waals surface area contributed by atoms with Crippen molar-refractivity contribution in [1.29, 1.82) is 0 Å². The standard InChI is InChI=1S/C14H20N2O2S/c1-10(2)9-16-13(17)6-7-15-14(18)11-4-3-5-12(19)8-11/h3-5,8,10,19H,6-7,9H2,1-2H3,(H,15,18)(H,16,17). The van der Waals surface area contributed by atoms with Crippen LogP contribution < -0.4 is 10.6 Å². The molecule has 0 fully saturated rings. The Morgan fingerprint density at radius 1 is 1.26 bits per heavy atom. The lowest BCUT2D eigenvalue weighted by Gasteiger charge is -2.08. The number of amides is 2. The summed E-state index contributed by atoms with van der Waals surface area (Å²) in [5.74, 6) is 0.196. The van der Waals surface area contributed by atoms with Crippen molar-refractivity contribution < 1.29 is 9.59 Å². The Morgan fingerprint density at radius 3 is 2.63 bits per heavy atom. The van der Waals surface area contributed by atoms with Crippen molar-refractivity contribution >= 4 is 24.4 Å². The molecule has 5 heteroatoms. The molecule has 0 aliphatic carbocycles. The van der Waals surface area contributed by atoms with E-state index in [0.717, 1.165) is 4.90 Å². The summed E-state index contributed by atoms with van der Waals surface area (Å²) in [6, 6.07) is 6.98. The molecule has 19 heavy (non-hydrogen) atoms. The number of carbonyl (C=O) groups is 2. The molecule has 0 aliphatic heterocycles. The molecule has 0 saturated heterocycles. The number of benzene rings is 1. The summed E-state index contributed by atoms with van der Waals surface area (Å²) in [5, 5.41) is 5.51. The molecule has 0 aliphatic rings. The second kappa shape index (κ2) is 7.84. The Morgan fingerprint density at radius 2 is 2.00 bits per heavy atom. The van der Waals surface area contributed by atoms with Gasteiger partial charge < -0.3 is 10.6 Å². The predicted molar refractivity (Wildman–Crippen MR) is 78.5 cm³/mol. The molecular weight excluding hydrogens is 260 g/mol. The van der Waals surface area contributed by atoms with Crippen molar-refractivity contribution in [3.8, 4) is 0 Å². The van der Waals surface area contributed by atoms with E-state index in [9.17, 15) is 9.59 Å². The fraction of sp³-hybridized carbons (Fsp3) is 0.429. The number of hydrogen-bond acceptors (Lipinski definition) is 3. The van der Waals surface area contributed by atoms with Crippen LogP contribution >= 0.6 is 12.6 Å². The van der Waals surface area contributed by atoms with Crippen molar-refractivity contribution in [2.45, 2.75) is 25.2 Å². The second-order valence-corrected chi connectivity index (χ2v) is 5.27. The third-order valence-electron chi connectivity index (χ3n) is 2.45. The first-order chi connectivity index (χ1) is 8.99. The van der Waals surface area contributed by atoms with Crippen LogP contribution in [-0.2, 0) is 4.79 Å². The predicted octanol–water partition coefficient (Wildman–Crippen LogP) is 1.87. The zero-order valence-corrected chi connectivity index (χ0v) is 12.2. The molecule has 0 spiro atoms. The quantitative estimate of drug-likeness (QED) is 0.697. The molecule has 2 amide bonds. The van der Waals surface area contributed by atoms with Gasteiger partial charge in [-0.2, -0.15) is 0 Å². The van der Waals surface area contributed by atoms with E-state index >= 15 is 0 Å². The minimum atomic E-state index is -0.187. The van der Waals surface area contributed by atoms with E-state index in [4.69, 9.17) is 0 Å². The molecule has 1 rings (SSSR count). The Bertz CT molecular complexity index is 447. The summed E-state index contributed by atoms with van der Waals surface area (Å²) < 4.78 is 0. The van der Waals surface area contributed by atoms with E-state index < -0.39 is 0 Å². The van der Waals surface area contributed by atoms with Crippen LogP contribution in [0, 0.1) is 5.92 Å². The summed E-state index contributed by atoms with van der Waals surface area (Å²) >= 11 is 4.18. The minimum Gasteiger partial charge on any atom is -0.356 e. The van der Waals surface area contributed by atoms with Crippen molar-refractivity contribution in [3.05, 3.63) is 29.8 Å². The third-order valence-corrected chi connectivity index (χ3v) is 2.73. The molecule has 0 saturated carbocycles. The Labute approximate surface area is 119 Å². The first-order valence-electron chi connectivity index (χ1n) is 6.33. The van der Waals surface area contributed by atoms with Gasteiger partial charge in [-0.1, -0.05) is 19.9 Å². The average molecular weight is 280 g/mol. The van der Waals surface area contributed by atoms with Gasteiger partial charge >= 0.3 is 0 Å². The van der Waals surface area contributed by atoms with Crippen molar-refractivity contribution in [2.24, 2.45) is 5.92 Å². The van der Waals surface area contributed by atoms with Gasteiger partial charge in [0, 0.05) is 30.0 Å². The zero-order chi connectivity index (χ0) is 14.3. The fourth-order valence-corrected chi connectivity index (χ4v) is 1.67. The fourth-order valence-electron chi connectivity index (χ4n) is 1.45. The van der Waals surface area contributed by atoms with Gasteiger partial charge in [-0.3, -0.25) is 9.59 Å². The maximum atomic E-state index is 11.8. The highest BCUT2D eigenvalue weighted by Gasteiger charge is 2.07. The molecule has 0 atom stereocenters. The number of carbonyl (C=O) groups excluding carboxylic acids is 2. The largest absolute Gasteiger partial charge is 0.356 e. The normalized spacial score (nSPS) is 10.3. The second-order valence-electron chi connectivity index (χ2n) is 4.75.